The van der Waals surface area contributed by atoms with Crippen molar-refractivity contribution >= 4 is 5.91 Å². The van der Waals surface area contributed by atoms with E-state index < -0.39 is 0 Å². The molecular formula is C26H23N3O3. The predicted molar refractivity (Wildman–Crippen MR) is 123 cm³/mol. The Morgan fingerprint density at radius 3 is 2.50 bits per heavy atom. The molecule has 1 heterocycles. The maximum absolute atomic E-state index is 12.6. The first kappa shape index (κ1) is 21.1. The number of rotatable bonds is 7. The minimum atomic E-state index is -0.166. The number of methoxy groups -OCH3 is 1. The van der Waals surface area contributed by atoms with Crippen LogP contribution in [0.5, 0.6) is 17.4 Å². The quantitative estimate of drug-likeness (QED) is 0.441. The minimum absolute atomic E-state index is 0.166. The van der Waals surface area contributed by atoms with E-state index in [0.29, 0.717) is 23.7 Å². The zero-order valence-corrected chi connectivity index (χ0v) is 17.9. The molecule has 0 aliphatic heterocycles. The lowest BCUT2D eigenvalue weighted by Gasteiger charge is -2.10. The molecule has 1 aromatic heterocycles. The lowest BCUT2D eigenvalue weighted by atomic mass is 10.1. The van der Waals surface area contributed by atoms with Gasteiger partial charge < -0.3 is 14.8 Å². The second-order valence-electron chi connectivity index (χ2n) is 7.21. The molecule has 1 N–H and O–H groups in total. The summed E-state index contributed by atoms with van der Waals surface area (Å²) in [4.78, 5) is 21.1. The van der Waals surface area contributed by atoms with E-state index in [4.69, 9.17) is 9.47 Å². The summed E-state index contributed by atoms with van der Waals surface area (Å²) in [5, 5.41) is 2.96. The first-order valence-electron chi connectivity index (χ1n) is 10.2. The van der Waals surface area contributed by atoms with Gasteiger partial charge in [-0.3, -0.25) is 4.79 Å². The van der Waals surface area contributed by atoms with Gasteiger partial charge in [-0.1, -0.05) is 30.3 Å². The average Bonchev–Trinajstić information content (AvgIpc) is 2.84. The van der Waals surface area contributed by atoms with E-state index in [1.807, 2.05) is 55.5 Å². The molecule has 0 radical (unpaired) electrons. The lowest BCUT2D eigenvalue weighted by molar-refractivity contribution is 0.0950. The zero-order chi connectivity index (χ0) is 22.3. The van der Waals surface area contributed by atoms with Gasteiger partial charge in [0.15, 0.2) is 0 Å². The number of benzene rings is 3. The first-order valence-corrected chi connectivity index (χ1v) is 10.2. The van der Waals surface area contributed by atoms with E-state index in [1.165, 1.54) is 6.33 Å². The summed E-state index contributed by atoms with van der Waals surface area (Å²) >= 11 is 0. The smallest absolute Gasteiger partial charge is 0.251 e. The van der Waals surface area contributed by atoms with Crippen LogP contribution in [-0.4, -0.2) is 23.0 Å². The zero-order valence-electron chi connectivity index (χ0n) is 17.9. The fourth-order valence-electron chi connectivity index (χ4n) is 3.22. The molecule has 0 aliphatic rings. The molecule has 0 unspecified atom stereocenters. The molecule has 32 heavy (non-hydrogen) atoms. The van der Waals surface area contributed by atoms with E-state index >= 15 is 0 Å². The van der Waals surface area contributed by atoms with Crippen LogP contribution in [0.3, 0.4) is 0 Å². The van der Waals surface area contributed by atoms with Crippen molar-refractivity contribution in [2.24, 2.45) is 0 Å². The van der Waals surface area contributed by atoms with Gasteiger partial charge in [0, 0.05) is 23.7 Å². The number of aryl methyl sites for hydroxylation is 1. The molecule has 6 heteroatoms. The third-order valence-electron chi connectivity index (χ3n) is 5.05. The standard InChI is InChI=1S/C26H23N3O3/c1-18-6-3-4-7-21(18)16-27-26(30)20-8-5-9-23(14-20)32-25-15-24(28-17-29-25)19-10-12-22(31-2)13-11-19/h3-15,17H,16H2,1-2H3,(H,27,30). The van der Waals surface area contributed by atoms with Gasteiger partial charge in [0.1, 0.15) is 17.8 Å². The van der Waals surface area contributed by atoms with Crippen LogP contribution >= 0.6 is 0 Å². The van der Waals surface area contributed by atoms with Crippen molar-refractivity contribution in [3.05, 3.63) is 102 Å². The number of hydrogen-bond acceptors (Lipinski definition) is 5. The summed E-state index contributed by atoms with van der Waals surface area (Å²) < 4.78 is 11.1. The maximum atomic E-state index is 12.6. The van der Waals surface area contributed by atoms with Gasteiger partial charge in [0.2, 0.25) is 5.88 Å². The van der Waals surface area contributed by atoms with E-state index in [1.54, 1.807) is 37.4 Å². The van der Waals surface area contributed by atoms with Crippen LogP contribution in [0.15, 0.2) is 85.2 Å². The Labute approximate surface area is 186 Å². The van der Waals surface area contributed by atoms with Gasteiger partial charge in [-0.05, 0) is 60.5 Å². The highest BCUT2D eigenvalue weighted by atomic mass is 16.5. The summed E-state index contributed by atoms with van der Waals surface area (Å²) in [7, 11) is 1.63. The Morgan fingerprint density at radius 1 is 0.906 bits per heavy atom. The van der Waals surface area contributed by atoms with Gasteiger partial charge in [-0.25, -0.2) is 9.97 Å². The van der Waals surface area contributed by atoms with E-state index in [2.05, 4.69) is 15.3 Å². The Bertz CT molecular complexity index is 1220. The van der Waals surface area contributed by atoms with Gasteiger partial charge in [0.05, 0.1) is 12.8 Å². The maximum Gasteiger partial charge on any atom is 0.251 e. The minimum Gasteiger partial charge on any atom is -0.497 e. The summed E-state index contributed by atoms with van der Waals surface area (Å²) in [6.45, 7) is 2.49. The van der Waals surface area contributed by atoms with Crippen molar-refractivity contribution in [1.29, 1.82) is 0 Å². The molecule has 6 nitrogen and oxygen atoms in total. The molecule has 0 saturated heterocycles. The van der Waals surface area contributed by atoms with Crippen LogP contribution in [0.25, 0.3) is 11.3 Å². The molecule has 3 aromatic carbocycles. The normalized spacial score (nSPS) is 10.4. The molecular weight excluding hydrogens is 402 g/mol. The van der Waals surface area contributed by atoms with Crippen LogP contribution in [0.1, 0.15) is 21.5 Å². The van der Waals surface area contributed by atoms with Crippen molar-refractivity contribution in [1.82, 2.24) is 15.3 Å². The number of nitrogens with one attached hydrogen (secondary N) is 1. The van der Waals surface area contributed by atoms with Crippen LogP contribution in [0, 0.1) is 6.92 Å². The van der Waals surface area contributed by atoms with Gasteiger partial charge >= 0.3 is 0 Å². The van der Waals surface area contributed by atoms with Crippen molar-refractivity contribution in [3.8, 4) is 28.6 Å². The summed E-state index contributed by atoms with van der Waals surface area (Å²) in [6, 6.07) is 24.3. The monoisotopic (exact) mass is 425 g/mol. The number of carbonyl (C=O) groups excluding carboxylic acids is 1. The largest absolute Gasteiger partial charge is 0.497 e. The molecule has 0 atom stereocenters. The van der Waals surface area contributed by atoms with E-state index in [0.717, 1.165) is 28.1 Å². The highest BCUT2D eigenvalue weighted by Crippen LogP contribution is 2.25. The Morgan fingerprint density at radius 2 is 1.72 bits per heavy atom. The van der Waals surface area contributed by atoms with Gasteiger partial charge in [-0.2, -0.15) is 0 Å². The number of nitrogens with zero attached hydrogens (tertiary/aromatic N) is 2. The Kier molecular flexibility index (Phi) is 6.41. The fraction of sp³-hybridized carbons (Fsp3) is 0.115. The SMILES string of the molecule is COc1ccc(-c2cc(Oc3cccc(C(=O)NCc4ccccc4C)c3)ncn2)cc1. The summed E-state index contributed by atoms with van der Waals surface area (Å²) in [5.41, 5.74) is 4.38. The molecule has 160 valence electrons. The summed E-state index contributed by atoms with van der Waals surface area (Å²) in [5.74, 6) is 1.52. The van der Waals surface area contributed by atoms with Crippen molar-refractivity contribution in [2.75, 3.05) is 7.11 Å². The molecule has 0 spiro atoms. The number of amides is 1. The molecule has 1 amide bonds. The molecule has 0 fully saturated rings. The Hall–Kier alpha value is -4.19. The number of ether oxygens (including phenoxy) is 2. The van der Waals surface area contributed by atoms with Crippen LogP contribution in [0.4, 0.5) is 0 Å². The molecule has 0 bridgehead atoms. The van der Waals surface area contributed by atoms with Crippen molar-refractivity contribution in [2.45, 2.75) is 13.5 Å². The second-order valence-corrected chi connectivity index (χ2v) is 7.21. The van der Waals surface area contributed by atoms with Gasteiger partial charge in [-0.15, -0.1) is 0 Å². The lowest BCUT2D eigenvalue weighted by Crippen LogP contribution is -2.23. The molecule has 0 aliphatic carbocycles. The number of aromatic nitrogens is 2. The topological polar surface area (TPSA) is 73.3 Å². The number of carbonyl (C=O) groups is 1. The predicted octanol–water partition coefficient (Wildman–Crippen LogP) is 5.18. The fourth-order valence-corrected chi connectivity index (χ4v) is 3.22. The Balaban J connectivity index is 1.45. The second kappa shape index (κ2) is 9.75. The van der Waals surface area contributed by atoms with Crippen LogP contribution < -0.4 is 14.8 Å². The number of hydrogen-bond donors (Lipinski definition) is 1. The van der Waals surface area contributed by atoms with Crippen molar-refractivity contribution in [3.63, 3.8) is 0 Å². The highest BCUT2D eigenvalue weighted by molar-refractivity contribution is 5.94. The third kappa shape index (κ3) is 5.10. The average molecular weight is 425 g/mol. The first-order chi connectivity index (χ1) is 15.6. The van der Waals surface area contributed by atoms with Crippen molar-refractivity contribution < 1.29 is 14.3 Å². The molecule has 0 saturated carbocycles. The molecule has 4 rings (SSSR count). The van der Waals surface area contributed by atoms with Crippen LogP contribution in [-0.2, 0) is 6.54 Å². The summed E-state index contributed by atoms with van der Waals surface area (Å²) in [6.07, 6.45) is 1.45. The van der Waals surface area contributed by atoms with E-state index in [-0.39, 0.29) is 5.91 Å². The van der Waals surface area contributed by atoms with Crippen LogP contribution in [0.2, 0.25) is 0 Å². The highest BCUT2D eigenvalue weighted by Gasteiger charge is 2.09. The molecule has 4 aromatic rings. The van der Waals surface area contributed by atoms with Gasteiger partial charge in [0.25, 0.3) is 5.91 Å². The third-order valence-corrected chi connectivity index (χ3v) is 5.05. The van der Waals surface area contributed by atoms with E-state index in [9.17, 15) is 4.79 Å².